The summed E-state index contributed by atoms with van der Waals surface area (Å²) in [7, 11) is 0. The van der Waals surface area contributed by atoms with Gasteiger partial charge in [0.15, 0.2) is 0 Å². The van der Waals surface area contributed by atoms with E-state index in [0.717, 1.165) is 79.8 Å². The zero-order valence-electron chi connectivity index (χ0n) is 47.2. The molecule has 404 valence electrons. The maximum absolute atomic E-state index is 6.59. The third kappa shape index (κ3) is 9.91. The molecule has 83 heavy (non-hydrogen) atoms. The van der Waals surface area contributed by atoms with Gasteiger partial charge in [0.1, 0.15) is 17.2 Å². The van der Waals surface area contributed by atoms with E-state index in [-0.39, 0.29) is 0 Å². The Morgan fingerprint density at radius 1 is 0.458 bits per heavy atom. The van der Waals surface area contributed by atoms with Crippen molar-refractivity contribution in [1.29, 1.82) is 0 Å². The number of benzene rings is 11. The summed E-state index contributed by atoms with van der Waals surface area (Å²) in [5.41, 5.74) is 19.9. The van der Waals surface area contributed by atoms with E-state index in [1.54, 1.807) is 0 Å². The van der Waals surface area contributed by atoms with Crippen molar-refractivity contribution >= 4 is 51.0 Å². The van der Waals surface area contributed by atoms with E-state index in [4.69, 9.17) is 9.47 Å². The lowest BCUT2D eigenvalue weighted by atomic mass is 9.67. The summed E-state index contributed by atoms with van der Waals surface area (Å²) in [5, 5.41) is 2.44. The van der Waals surface area contributed by atoms with Crippen LogP contribution in [0.5, 0.6) is 17.2 Å². The molecule has 0 aliphatic heterocycles. The predicted molar refractivity (Wildman–Crippen MR) is 349 cm³/mol. The first-order valence-corrected chi connectivity index (χ1v) is 29.2. The fourth-order valence-electron chi connectivity index (χ4n) is 12.6. The molecule has 1 aliphatic carbocycles. The van der Waals surface area contributed by atoms with Crippen LogP contribution in [-0.4, -0.2) is 11.2 Å². The fraction of sp³-hybridized carbons (Fsp3) is 0.114. The quantitative estimate of drug-likeness (QED) is 0.0807. The van der Waals surface area contributed by atoms with E-state index in [2.05, 4.69) is 273 Å². The van der Waals surface area contributed by atoms with Crippen molar-refractivity contribution in [2.24, 2.45) is 5.92 Å². The van der Waals surface area contributed by atoms with Crippen LogP contribution in [0.1, 0.15) is 72.9 Å². The molecule has 0 saturated carbocycles. The monoisotopic (exact) mass is 1070 g/mol. The van der Waals surface area contributed by atoms with Crippen LogP contribution in [0.3, 0.4) is 0 Å². The standard InChI is InChI=1S/C79H66N2O2/c1-5-9-17-57(8-4)54-82-68-46-33-62(34-47-68)79(63-35-48-70(49-36-63)83-69-44-26-56(7-3)27-45-69)75-22-15-13-20-71(75)72-50-43-67(53-76(72)79)80(64-39-28-59(29-40-64)58-18-11-10-12-19-58)65-41-30-60(31-42-65)61-32-51-78-74(52-61)73-21-14-16-23-77(73)81(78)66-37-24-55(6-2)25-38-66/h6-7,10-16,18-53,57H,2-3,5,8-9,17,54H2,1,4H3. The van der Waals surface area contributed by atoms with Crippen molar-refractivity contribution < 1.29 is 9.47 Å². The van der Waals surface area contributed by atoms with Crippen molar-refractivity contribution in [3.05, 3.63) is 307 Å². The Kier molecular flexibility index (Phi) is 14.5. The Balaban J connectivity index is 0.935. The molecular formula is C79H66N2O2. The van der Waals surface area contributed by atoms with E-state index in [1.807, 2.05) is 36.4 Å². The molecule has 0 bridgehead atoms. The summed E-state index contributed by atoms with van der Waals surface area (Å²) in [6, 6.07) is 94.7. The number of ether oxygens (including phenoxy) is 2. The van der Waals surface area contributed by atoms with Crippen LogP contribution in [0.15, 0.2) is 274 Å². The van der Waals surface area contributed by atoms with Crippen LogP contribution < -0.4 is 14.4 Å². The summed E-state index contributed by atoms with van der Waals surface area (Å²) < 4.78 is 15.4. The lowest BCUT2D eigenvalue weighted by molar-refractivity contribution is 0.233. The minimum absolute atomic E-state index is 0.526. The minimum Gasteiger partial charge on any atom is -0.493 e. The van der Waals surface area contributed by atoms with Gasteiger partial charge in [0, 0.05) is 33.5 Å². The molecule has 1 aliphatic rings. The molecule has 12 aromatic rings. The SMILES string of the molecule is C=Cc1ccc(Oc2ccc(C3(c4ccc(OCC(CC)CCCC)cc4)c4ccccc4-c4ccc(N(c5ccc(-c6ccccc6)cc5)c5ccc(-c6ccc7c(c6)c6ccccc6n7-c6ccc(C=C)cc6)cc5)cc43)cc2)cc1. The lowest BCUT2D eigenvalue weighted by Crippen LogP contribution is -2.28. The highest BCUT2D eigenvalue weighted by Gasteiger charge is 2.46. The van der Waals surface area contributed by atoms with Crippen LogP contribution in [0.2, 0.25) is 0 Å². The molecule has 1 heterocycles. The number of unbranched alkanes of at least 4 members (excludes halogenated alkanes) is 1. The molecule has 0 amide bonds. The van der Waals surface area contributed by atoms with Gasteiger partial charge < -0.3 is 18.9 Å². The number of nitrogens with zero attached hydrogens (tertiary/aromatic N) is 2. The topological polar surface area (TPSA) is 26.6 Å². The number of aromatic nitrogens is 1. The Morgan fingerprint density at radius 3 is 1.64 bits per heavy atom. The van der Waals surface area contributed by atoms with Crippen LogP contribution in [0.4, 0.5) is 17.1 Å². The predicted octanol–water partition coefficient (Wildman–Crippen LogP) is 21.6. The minimum atomic E-state index is -0.707. The van der Waals surface area contributed by atoms with Crippen LogP contribution in [-0.2, 0) is 5.41 Å². The maximum Gasteiger partial charge on any atom is 0.127 e. The van der Waals surface area contributed by atoms with Crippen molar-refractivity contribution in [2.45, 2.75) is 44.9 Å². The number of fused-ring (bicyclic) bond motifs is 6. The second-order valence-corrected chi connectivity index (χ2v) is 21.9. The zero-order chi connectivity index (χ0) is 56.3. The second-order valence-electron chi connectivity index (χ2n) is 21.9. The van der Waals surface area contributed by atoms with E-state index in [9.17, 15) is 0 Å². The average molecular weight is 1080 g/mol. The molecule has 0 N–H and O–H groups in total. The van der Waals surface area contributed by atoms with E-state index in [1.165, 1.54) is 74.4 Å². The Bertz CT molecular complexity index is 4250. The summed E-state index contributed by atoms with van der Waals surface area (Å²) in [6.45, 7) is 13.2. The third-order valence-corrected chi connectivity index (χ3v) is 17.0. The number of hydrogen-bond donors (Lipinski definition) is 0. The molecular weight excluding hydrogens is 1010 g/mol. The maximum atomic E-state index is 6.59. The van der Waals surface area contributed by atoms with E-state index in [0.29, 0.717) is 12.5 Å². The van der Waals surface area contributed by atoms with Gasteiger partial charge in [-0.1, -0.05) is 216 Å². The molecule has 11 aromatic carbocycles. The van der Waals surface area contributed by atoms with Gasteiger partial charge in [-0.3, -0.25) is 0 Å². The highest BCUT2D eigenvalue weighted by Crippen LogP contribution is 2.58. The Hall–Kier alpha value is -9.90. The molecule has 4 heteroatoms. The molecule has 4 nitrogen and oxygen atoms in total. The summed E-state index contributed by atoms with van der Waals surface area (Å²) >= 11 is 0. The normalized spacial score (nSPS) is 13.8. The molecule has 0 saturated heterocycles. The first-order chi connectivity index (χ1) is 40.9. The lowest BCUT2D eigenvalue weighted by Gasteiger charge is -2.35. The first-order valence-electron chi connectivity index (χ1n) is 29.2. The average Bonchev–Trinajstić information content (AvgIpc) is 3.01. The largest absolute Gasteiger partial charge is 0.493 e. The van der Waals surface area contributed by atoms with Gasteiger partial charge in [0.2, 0.25) is 0 Å². The number of anilines is 3. The molecule has 13 rings (SSSR count). The van der Waals surface area contributed by atoms with Crippen molar-refractivity contribution in [1.82, 2.24) is 4.57 Å². The number of para-hydroxylation sites is 1. The van der Waals surface area contributed by atoms with Gasteiger partial charge >= 0.3 is 0 Å². The molecule has 2 unspecified atom stereocenters. The molecule has 0 radical (unpaired) electrons. The van der Waals surface area contributed by atoms with Gasteiger partial charge in [-0.15, -0.1) is 0 Å². The van der Waals surface area contributed by atoms with Gasteiger partial charge in [0.25, 0.3) is 0 Å². The van der Waals surface area contributed by atoms with Crippen molar-refractivity contribution in [3.63, 3.8) is 0 Å². The zero-order valence-corrected chi connectivity index (χ0v) is 47.2. The van der Waals surface area contributed by atoms with Gasteiger partial charge in [-0.05, 0) is 182 Å². The van der Waals surface area contributed by atoms with Crippen LogP contribution >= 0.6 is 0 Å². The highest BCUT2D eigenvalue weighted by atomic mass is 16.5. The summed E-state index contributed by atoms with van der Waals surface area (Å²) in [4.78, 5) is 2.41. The van der Waals surface area contributed by atoms with E-state index < -0.39 is 5.41 Å². The third-order valence-electron chi connectivity index (χ3n) is 17.0. The summed E-state index contributed by atoms with van der Waals surface area (Å²) in [5.74, 6) is 2.96. The smallest absolute Gasteiger partial charge is 0.127 e. The molecule has 0 spiro atoms. The molecule has 0 fully saturated rings. The highest BCUT2D eigenvalue weighted by molar-refractivity contribution is 6.10. The number of rotatable bonds is 19. The second kappa shape index (κ2) is 22.9. The molecule has 1 aromatic heterocycles. The van der Waals surface area contributed by atoms with E-state index >= 15 is 0 Å². The number of hydrogen-bond acceptors (Lipinski definition) is 3. The van der Waals surface area contributed by atoms with Crippen LogP contribution in [0.25, 0.3) is 73.0 Å². The van der Waals surface area contributed by atoms with Gasteiger partial charge in [-0.25, -0.2) is 0 Å². The first kappa shape index (κ1) is 52.5. The summed E-state index contributed by atoms with van der Waals surface area (Å²) in [6.07, 6.45) is 8.43. The van der Waals surface area contributed by atoms with Gasteiger partial charge in [0.05, 0.1) is 23.1 Å². The van der Waals surface area contributed by atoms with Gasteiger partial charge in [-0.2, -0.15) is 0 Å². The molecule has 2 atom stereocenters. The fourth-order valence-corrected chi connectivity index (χ4v) is 12.6. The van der Waals surface area contributed by atoms with Crippen molar-refractivity contribution in [2.75, 3.05) is 11.5 Å². The Morgan fingerprint density at radius 2 is 0.988 bits per heavy atom. The van der Waals surface area contributed by atoms with Crippen LogP contribution in [0, 0.1) is 5.92 Å². The Labute approximate surface area is 488 Å². The van der Waals surface area contributed by atoms with Crippen molar-refractivity contribution in [3.8, 4) is 56.3 Å².